The molecule has 2 aliphatic rings. The predicted octanol–water partition coefficient (Wildman–Crippen LogP) is 1.45. The molecule has 2 nitrogen and oxygen atoms in total. The van der Waals surface area contributed by atoms with Crippen molar-refractivity contribution in [3.8, 4) is 0 Å². The van der Waals surface area contributed by atoms with Crippen LogP contribution in [-0.4, -0.2) is 36.0 Å². The molecule has 1 heterocycles. The van der Waals surface area contributed by atoms with Crippen LogP contribution in [0.25, 0.3) is 0 Å². The van der Waals surface area contributed by atoms with E-state index in [-0.39, 0.29) is 30.5 Å². The maximum atomic E-state index is 13.0. The van der Waals surface area contributed by atoms with Crippen molar-refractivity contribution in [3.05, 3.63) is 0 Å². The molecule has 2 atom stereocenters. The summed E-state index contributed by atoms with van der Waals surface area (Å²) in [6.07, 6.45) is 0.873. The van der Waals surface area contributed by atoms with Crippen LogP contribution >= 0.6 is 0 Å². The first-order valence-corrected chi connectivity index (χ1v) is 5.20. The highest BCUT2D eigenvalue weighted by Crippen LogP contribution is 2.45. The van der Waals surface area contributed by atoms with Gasteiger partial charge in [-0.15, -0.1) is 0 Å². The van der Waals surface area contributed by atoms with Crippen molar-refractivity contribution in [2.24, 2.45) is 11.1 Å². The number of rotatable bonds is 1. The zero-order valence-electron chi connectivity index (χ0n) is 8.76. The smallest absolute Gasteiger partial charge is 0.261 e. The minimum absolute atomic E-state index is 0.000417. The molecule has 82 valence electrons. The molecule has 2 unspecified atom stereocenters. The lowest BCUT2D eigenvalue weighted by atomic mass is 9.62. The van der Waals surface area contributed by atoms with Gasteiger partial charge in [-0.25, -0.2) is 8.78 Å². The Kier molecular flexibility index (Phi) is 2.13. The van der Waals surface area contributed by atoms with Crippen LogP contribution in [0.3, 0.4) is 0 Å². The van der Waals surface area contributed by atoms with Gasteiger partial charge < -0.3 is 5.73 Å². The maximum Gasteiger partial charge on any atom is 0.261 e. The summed E-state index contributed by atoms with van der Waals surface area (Å²) in [7, 11) is 0. The average Bonchev–Trinajstić information content (AvgIpc) is 2.41. The van der Waals surface area contributed by atoms with Gasteiger partial charge >= 0.3 is 0 Å². The molecule has 2 rings (SSSR count). The normalized spacial score (nSPS) is 40.9. The molecule has 1 saturated carbocycles. The number of halogens is 2. The second-order valence-corrected chi connectivity index (χ2v) is 5.26. The highest BCUT2D eigenvalue weighted by molar-refractivity contribution is 5.07. The molecular formula is C10H18F2N2. The molecule has 0 aromatic heterocycles. The van der Waals surface area contributed by atoms with Gasteiger partial charge in [0.2, 0.25) is 0 Å². The van der Waals surface area contributed by atoms with Gasteiger partial charge in [-0.1, -0.05) is 13.8 Å². The maximum absolute atomic E-state index is 13.0. The Morgan fingerprint density at radius 1 is 1.36 bits per heavy atom. The summed E-state index contributed by atoms with van der Waals surface area (Å²) in [5, 5.41) is 0. The van der Waals surface area contributed by atoms with Crippen molar-refractivity contribution in [2.45, 2.75) is 44.7 Å². The molecule has 1 aliphatic heterocycles. The van der Waals surface area contributed by atoms with Crippen LogP contribution in [0.5, 0.6) is 0 Å². The van der Waals surface area contributed by atoms with E-state index in [9.17, 15) is 8.78 Å². The Hall–Kier alpha value is -0.220. The second kappa shape index (κ2) is 2.89. The van der Waals surface area contributed by atoms with Crippen molar-refractivity contribution < 1.29 is 8.78 Å². The Morgan fingerprint density at radius 2 is 2.00 bits per heavy atom. The lowest BCUT2D eigenvalue weighted by molar-refractivity contribution is -0.0402. The van der Waals surface area contributed by atoms with E-state index < -0.39 is 5.92 Å². The molecule has 1 aliphatic carbocycles. The standard InChI is InChI=1S/C10H18F2N2/c1-9(2)7(13)5-8(9)14-4-3-10(11,12)6-14/h7-8H,3-6,13H2,1-2H3. The fourth-order valence-electron chi connectivity index (χ4n) is 2.58. The molecule has 0 aromatic carbocycles. The Morgan fingerprint density at radius 3 is 2.36 bits per heavy atom. The first-order valence-electron chi connectivity index (χ1n) is 5.20. The van der Waals surface area contributed by atoms with E-state index in [1.54, 1.807) is 0 Å². The molecule has 0 aromatic rings. The fraction of sp³-hybridized carbons (Fsp3) is 1.00. The van der Waals surface area contributed by atoms with Gasteiger partial charge in [0, 0.05) is 25.0 Å². The Labute approximate surface area is 83.4 Å². The van der Waals surface area contributed by atoms with E-state index in [4.69, 9.17) is 5.73 Å². The first-order chi connectivity index (χ1) is 6.33. The average molecular weight is 204 g/mol. The minimum atomic E-state index is -2.48. The monoisotopic (exact) mass is 204 g/mol. The van der Waals surface area contributed by atoms with Crippen LogP contribution in [0.2, 0.25) is 0 Å². The lowest BCUT2D eigenvalue weighted by Crippen LogP contribution is -2.64. The zero-order chi connectivity index (χ0) is 10.6. The number of likely N-dealkylation sites (tertiary alicyclic amines) is 1. The molecule has 0 spiro atoms. The van der Waals surface area contributed by atoms with E-state index in [1.807, 2.05) is 4.90 Å². The SMILES string of the molecule is CC1(C)C(N)CC1N1CCC(F)(F)C1. The molecule has 0 amide bonds. The van der Waals surface area contributed by atoms with E-state index in [0.717, 1.165) is 6.42 Å². The summed E-state index contributed by atoms with van der Waals surface area (Å²) in [4.78, 5) is 1.91. The van der Waals surface area contributed by atoms with E-state index in [1.165, 1.54) is 0 Å². The minimum Gasteiger partial charge on any atom is -0.327 e. The number of alkyl halides is 2. The molecule has 2 N–H and O–H groups in total. The van der Waals surface area contributed by atoms with Crippen LogP contribution in [0.15, 0.2) is 0 Å². The third-order valence-electron chi connectivity index (χ3n) is 3.93. The van der Waals surface area contributed by atoms with Gasteiger partial charge in [-0.2, -0.15) is 0 Å². The number of hydrogen-bond donors (Lipinski definition) is 1. The summed E-state index contributed by atoms with van der Waals surface area (Å²) < 4.78 is 26.0. The van der Waals surface area contributed by atoms with Crippen molar-refractivity contribution in [1.29, 1.82) is 0 Å². The van der Waals surface area contributed by atoms with Crippen LogP contribution in [0, 0.1) is 5.41 Å². The van der Waals surface area contributed by atoms with E-state index in [0.29, 0.717) is 6.54 Å². The van der Waals surface area contributed by atoms with Crippen LogP contribution in [0.4, 0.5) is 8.78 Å². The van der Waals surface area contributed by atoms with Gasteiger partial charge in [-0.3, -0.25) is 4.90 Å². The molecule has 0 bridgehead atoms. The topological polar surface area (TPSA) is 29.3 Å². The summed E-state index contributed by atoms with van der Waals surface area (Å²) in [5.74, 6) is -2.48. The van der Waals surface area contributed by atoms with Crippen molar-refractivity contribution in [3.63, 3.8) is 0 Å². The molecule has 1 saturated heterocycles. The quantitative estimate of drug-likeness (QED) is 0.700. The second-order valence-electron chi connectivity index (χ2n) is 5.26. The van der Waals surface area contributed by atoms with Crippen LogP contribution < -0.4 is 5.73 Å². The Bertz CT molecular complexity index is 240. The summed E-state index contributed by atoms with van der Waals surface area (Å²) >= 11 is 0. The molecular weight excluding hydrogens is 186 g/mol. The van der Waals surface area contributed by atoms with Gasteiger partial charge in [0.25, 0.3) is 5.92 Å². The van der Waals surface area contributed by atoms with Crippen LogP contribution in [0.1, 0.15) is 26.7 Å². The third-order valence-corrected chi connectivity index (χ3v) is 3.93. The Balaban J connectivity index is 1.99. The van der Waals surface area contributed by atoms with E-state index >= 15 is 0 Å². The number of nitrogens with two attached hydrogens (primary N) is 1. The van der Waals surface area contributed by atoms with Crippen molar-refractivity contribution >= 4 is 0 Å². The lowest BCUT2D eigenvalue weighted by Gasteiger charge is -2.54. The van der Waals surface area contributed by atoms with Crippen LogP contribution in [-0.2, 0) is 0 Å². The van der Waals surface area contributed by atoms with Gasteiger partial charge in [0.15, 0.2) is 0 Å². The van der Waals surface area contributed by atoms with Gasteiger partial charge in [0.1, 0.15) is 0 Å². The largest absolute Gasteiger partial charge is 0.327 e. The predicted molar refractivity (Wildman–Crippen MR) is 51.3 cm³/mol. The van der Waals surface area contributed by atoms with E-state index in [2.05, 4.69) is 13.8 Å². The third kappa shape index (κ3) is 1.44. The number of nitrogens with zero attached hydrogens (tertiary/aromatic N) is 1. The fourth-order valence-corrected chi connectivity index (χ4v) is 2.58. The molecule has 2 fully saturated rings. The number of hydrogen-bond acceptors (Lipinski definition) is 2. The summed E-state index contributed by atoms with van der Waals surface area (Å²) in [6, 6.07) is 0.424. The van der Waals surface area contributed by atoms with Crippen molar-refractivity contribution in [2.75, 3.05) is 13.1 Å². The highest BCUT2D eigenvalue weighted by atomic mass is 19.3. The first kappa shape index (κ1) is 10.3. The summed E-state index contributed by atoms with van der Waals surface area (Å²) in [6.45, 7) is 4.59. The molecule has 14 heavy (non-hydrogen) atoms. The van der Waals surface area contributed by atoms with Gasteiger partial charge in [-0.05, 0) is 11.8 Å². The highest BCUT2D eigenvalue weighted by Gasteiger charge is 2.52. The molecule has 4 heteroatoms. The van der Waals surface area contributed by atoms with Crippen molar-refractivity contribution in [1.82, 2.24) is 4.90 Å². The molecule has 0 radical (unpaired) electrons. The zero-order valence-corrected chi connectivity index (χ0v) is 8.76. The van der Waals surface area contributed by atoms with Gasteiger partial charge in [0.05, 0.1) is 6.54 Å². The summed E-state index contributed by atoms with van der Waals surface area (Å²) in [5.41, 5.74) is 5.87.